The van der Waals surface area contributed by atoms with E-state index in [1.165, 1.54) is 12.8 Å². The summed E-state index contributed by atoms with van der Waals surface area (Å²) in [7, 11) is 1.68. The maximum Gasteiger partial charge on any atom is 0.221 e. The second-order valence-corrected chi connectivity index (χ2v) is 3.83. The molecule has 3 N–H and O–H groups in total. The van der Waals surface area contributed by atoms with Gasteiger partial charge in [0.05, 0.1) is 0 Å². The normalized spacial score (nSPS) is 15.9. The fourth-order valence-electron chi connectivity index (χ4n) is 1.58. The largest absolute Gasteiger partial charge is 0.359 e. The number of amides is 1. The van der Waals surface area contributed by atoms with E-state index in [2.05, 4.69) is 10.2 Å². The van der Waals surface area contributed by atoms with Gasteiger partial charge in [0.1, 0.15) is 0 Å². The second kappa shape index (κ2) is 5.98. The lowest BCUT2D eigenvalue weighted by Crippen LogP contribution is -2.32. The van der Waals surface area contributed by atoms with E-state index < -0.39 is 0 Å². The van der Waals surface area contributed by atoms with E-state index in [1.54, 1.807) is 7.05 Å². The van der Waals surface area contributed by atoms with Crippen molar-refractivity contribution in [3.63, 3.8) is 0 Å². The van der Waals surface area contributed by atoms with Crippen molar-refractivity contribution in [3.05, 3.63) is 0 Å². The van der Waals surface area contributed by atoms with Crippen LogP contribution in [-0.2, 0) is 4.79 Å². The highest BCUT2D eigenvalue weighted by atomic mass is 16.1. The lowest BCUT2D eigenvalue weighted by molar-refractivity contribution is -0.120. The molecule has 0 aromatic rings. The third kappa shape index (κ3) is 4.07. The first-order valence-corrected chi connectivity index (χ1v) is 5.42. The minimum Gasteiger partial charge on any atom is -0.359 e. The van der Waals surface area contributed by atoms with Crippen LogP contribution in [0.1, 0.15) is 25.7 Å². The fourth-order valence-corrected chi connectivity index (χ4v) is 1.58. The van der Waals surface area contributed by atoms with Crippen LogP contribution in [0.2, 0.25) is 0 Å². The Kier molecular flexibility index (Phi) is 4.90. The van der Waals surface area contributed by atoms with Crippen molar-refractivity contribution < 1.29 is 4.79 Å². The van der Waals surface area contributed by atoms with Crippen LogP contribution in [0.3, 0.4) is 0 Å². The summed E-state index contributed by atoms with van der Waals surface area (Å²) in [6, 6.07) is 0.728. The van der Waals surface area contributed by atoms with E-state index in [4.69, 9.17) is 5.73 Å². The van der Waals surface area contributed by atoms with Gasteiger partial charge in [-0.15, -0.1) is 0 Å². The molecule has 1 aliphatic rings. The zero-order valence-corrected chi connectivity index (χ0v) is 8.96. The van der Waals surface area contributed by atoms with Gasteiger partial charge in [-0.25, -0.2) is 0 Å². The SMILES string of the molecule is CNC(=O)CCN(CCCN)C1CC1. The molecule has 0 aliphatic heterocycles. The van der Waals surface area contributed by atoms with Gasteiger partial charge in [0, 0.05) is 26.1 Å². The number of rotatable bonds is 7. The van der Waals surface area contributed by atoms with Crippen molar-refractivity contribution in [3.8, 4) is 0 Å². The predicted molar refractivity (Wildman–Crippen MR) is 57.0 cm³/mol. The van der Waals surface area contributed by atoms with Gasteiger partial charge < -0.3 is 11.1 Å². The zero-order chi connectivity index (χ0) is 10.4. The summed E-state index contributed by atoms with van der Waals surface area (Å²) in [4.78, 5) is 13.5. The van der Waals surface area contributed by atoms with Crippen molar-refractivity contribution in [2.24, 2.45) is 5.73 Å². The number of hydrogen-bond donors (Lipinski definition) is 2. The molecular weight excluding hydrogens is 178 g/mol. The molecule has 1 fully saturated rings. The maximum absolute atomic E-state index is 11.1. The zero-order valence-electron chi connectivity index (χ0n) is 8.96. The van der Waals surface area contributed by atoms with E-state index in [1.807, 2.05) is 0 Å². The van der Waals surface area contributed by atoms with E-state index in [0.717, 1.165) is 32.1 Å². The lowest BCUT2D eigenvalue weighted by atomic mass is 10.3. The molecule has 4 nitrogen and oxygen atoms in total. The molecule has 82 valence electrons. The number of hydrogen-bond acceptors (Lipinski definition) is 3. The summed E-state index contributed by atoms with van der Waals surface area (Å²) < 4.78 is 0. The summed E-state index contributed by atoms with van der Waals surface area (Å²) in [6.07, 6.45) is 4.22. The smallest absolute Gasteiger partial charge is 0.221 e. The maximum atomic E-state index is 11.1. The first kappa shape index (κ1) is 11.5. The molecule has 0 atom stereocenters. The van der Waals surface area contributed by atoms with Gasteiger partial charge in [0.2, 0.25) is 5.91 Å². The van der Waals surface area contributed by atoms with Gasteiger partial charge in [-0.1, -0.05) is 0 Å². The molecule has 1 rings (SSSR count). The average molecular weight is 199 g/mol. The van der Waals surface area contributed by atoms with Crippen LogP contribution in [0.15, 0.2) is 0 Å². The van der Waals surface area contributed by atoms with Gasteiger partial charge in [-0.3, -0.25) is 9.69 Å². The summed E-state index contributed by atoms with van der Waals surface area (Å²) >= 11 is 0. The minimum atomic E-state index is 0.128. The Hall–Kier alpha value is -0.610. The molecule has 0 aromatic heterocycles. The number of carbonyl (C=O) groups excluding carboxylic acids is 1. The van der Waals surface area contributed by atoms with Crippen molar-refractivity contribution in [2.45, 2.75) is 31.7 Å². The van der Waals surface area contributed by atoms with Crippen LogP contribution < -0.4 is 11.1 Å². The van der Waals surface area contributed by atoms with Crippen LogP contribution in [0, 0.1) is 0 Å². The Balaban J connectivity index is 2.17. The highest BCUT2D eigenvalue weighted by Crippen LogP contribution is 2.26. The number of nitrogens with two attached hydrogens (primary N) is 1. The van der Waals surface area contributed by atoms with E-state index >= 15 is 0 Å². The average Bonchev–Trinajstić information content (AvgIpc) is 3.01. The molecule has 0 radical (unpaired) electrons. The Morgan fingerprint density at radius 3 is 2.71 bits per heavy atom. The van der Waals surface area contributed by atoms with Gasteiger partial charge in [-0.05, 0) is 32.4 Å². The molecule has 0 spiro atoms. The first-order chi connectivity index (χ1) is 6.77. The molecule has 0 saturated heterocycles. The molecular formula is C10H21N3O. The van der Waals surface area contributed by atoms with E-state index in [9.17, 15) is 4.79 Å². The molecule has 1 aliphatic carbocycles. The van der Waals surface area contributed by atoms with Crippen molar-refractivity contribution in [1.82, 2.24) is 10.2 Å². The van der Waals surface area contributed by atoms with Crippen molar-refractivity contribution in [2.75, 3.05) is 26.7 Å². The third-order valence-corrected chi connectivity index (χ3v) is 2.62. The molecule has 0 bridgehead atoms. The highest BCUT2D eigenvalue weighted by molar-refractivity contribution is 5.75. The molecule has 0 unspecified atom stereocenters. The van der Waals surface area contributed by atoms with Crippen molar-refractivity contribution in [1.29, 1.82) is 0 Å². The monoisotopic (exact) mass is 199 g/mol. The summed E-state index contributed by atoms with van der Waals surface area (Å²) in [5.74, 6) is 0.128. The molecule has 4 heteroatoms. The molecule has 14 heavy (non-hydrogen) atoms. The number of nitrogens with one attached hydrogen (secondary N) is 1. The topological polar surface area (TPSA) is 58.4 Å². The number of nitrogens with zero attached hydrogens (tertiary/aromatic N) is 1. The Morgan fingerprint density at radius 2 is 2.21 bits per heavy atom. The summed E-state index contributed by atoms with van der Waals surface area (Å²) in [5, 5.41) is 2.65. The standard InChI is InChI=1S/C10H21N3O/c1-12-10(14)5-8-13(7-2-6-11)9-3-4-9/h9H,2-8,11H2,1H3,(H,12,14). The van der Waals surface area contributed by atoms with Gasteiger partial charge in [-0.2, -0.15) is 0 Å². The quantitative estimate of drug-likeness (QED) is 0.604. The second-order valence-electron chi connectivity index (χ2n) is 3.83. The van der Waals surface area contributed by atoms with Crippen molar-refractivity contribution >= 4 is 5.91 Å². The van der Waals surface area contributed by atoms with Crippen LogP contribution in [0.25, 0.3) is 0 Å². The predicted octanol–water partition coefficient (Wildman–Crippen LogP) is -0.0643. The third-order valence-electron chi connectivity index (χ3n) is 2.62. The van der Waals surface area contributed by atoms with Gasteiger partial charge in [0.15, 0.2) is 0 Å². The highest BCUT2D eigenvalue weighted by Gasteiger charge is 2.28. The van der Waals surface area contributed by atoms with Crippen LogP contribution in [-0.4, -0.2) is 43.5 Å². The van der Waals surface area contributed by atoms with Gasteiger partial charge >= 0.3 is 0 Å². The van der Waals surface area contributed by atoms with Gasteiger partial charge in [0.25, 0.3) is 0 Å². The molecule has 1 saturated carbocycles. The van der Waals surface area contributed by atoms with Crippen LogP contribution in [0.5, 0.6) is 0 Å². The first-order valence-electron chi connectivity index (χ1n) is 5.42. The molecule has 1 amide bonds. The lowest BCUT2D eigenvalue weighted by Gasteiger charge is -2.20. The van der Waals surface area contributed by atoms with E-state index in [0.29, 0.717) is 6.42 Å². The Bertz CT molecular complexity index is 180. The minimum absolute atomic E-state index is 0.128. The van der Waals surface area contributed by atoms with Crippen LogP contribution >= 0.6 is 0 Å². The molecule has 0 heterocycles. The van der Waals surface area contributed by atoms with Crippen LogP contribution in [0.4, 0.5) is 0 Å². The summed E-state index contributed by atoms with van der Waals surface area (Å²) in [6.45, 7) is 2.66. The fraction of sp³-hybridized carbons (Fsp3) is 0.900. The summed E-state index contributed by atoms with van der Waals surface area (Å²) in [5.41, 5.74) is 5.47. The Labute approximate surface area is 85.8 Å². The molecule has 0 aromatic carbocycles. The Morgan fingerprint density at radius 1 is 1.50 bits per heavy atom. The number of carbonyl (C=O) groups is 1. The van der Waals surface area contributed by atoms with E-state index in [-0.39, 0.29) is 5.91 Å².